The van der Waals surface area contributed by atoms with E-state index in [0.717, 1.165) is 5.56 Å². The number of carbonyl (C=O) groups is 2. The van der Waals surface area contributed by atoms with Gasteiger partial charge in [0.15, 0.2) is 17.8 Å². The Morgan fingerprint density at radius 2 is 1.56 bits per heavy atom. The van der Waals surface area contributed by atoms with E-state index in [1.807, 2.05) is 37.3 Å². The van der Waals surface area contributed by atoms with Crippen LogP contribution in [0.4, 0.5) is 15.4 Å². The Morgan fingerprint density at radius 3 is 2.17 bits per heavy atom. The van der Waals surface area contributed by atoms with E-state index >= 15 is 0 Å². The van der Waals surface area contributed by atoms with Gasteiger partial charge in [-0.15, -0.1) is 0 Å². The summed E-state index contributed by atoms with van der Waals surface area (Å²) in [6.07, 6.45) is -8.24. The molecule has 0 radical (unpaired) electrons. The number of halogens is 1. The zero-order valence-electron chi connectivity index (χ0n) is 28.6. The molecule has 0 spiro atoms. The SMILES string of the molecule is CC(C)OC(=O)OCOP(=O)(O)CP(=O)(OCOC(=O)OC(C)C)OC[C@H]1O[C@@H](n2ncc3c(N[C@@H](C)c4ccccc4)nc(Cl)nc32)[C@H](O)[C@@H]1O. The minimum absolute atomic E-state index is 0.137. The van der Waals surface area contributed by atoms with Gasteiger partial charge >= 0.3 is 27.5 Å². The molecule has 1 aliphatic rings. The lowest BCUT2D eigenvalue weighted by Gasteiger charge is -2.23. The number of nitrogens with one attached hydrogen (secondary N) is 1. The minimum atomic E-state index is -4.92. The second kappa shape index (κ2) is 18.1. The molecule has 7 atom stereocenters. The van der Waals surface area contributed by atoms with E-state index < -0.39 is 90.3 Å². The second-order valence-electron chi connectivity index (χ2n) is 11.8. The highest BCUT2D eigenvalue weighted by Gasteiger charge is 2.47. The number of aliphatic hydroxyl groups is 2. The largest absolute Gasteiger partial charge is 0.510 e. The summed E-state index contributed by atoms with van der Waals surface area (Å²) in [6.45, 7) is 5.16. The molecule has 0 saturated carbocycles. The summed E-state index contributed by atoms with van der Waals surface area (Å²) in [7, 11) is -9.69. The molecule has 1 aromatic carbocycles. The summed E-state index contributed by atoms with van der Waals surface area (Å²) in [5, 5.41) is 29.6. The van der Waals surface area contributed by atoms with E-state index in [9.17, 15) is 33.8 Å². The molecule has 23 heteroatoms. The van der Waals surface area contributed by atoms with Crippen molar-refractivity contribution in [1.82, 2.24) is 19.7 Å². The number of ether oxygens (including phenoxy) is 5. The van der Waals surface area contributed by atoms with Crippen LogP contribution in [0.5, 0.6) is 0 Å². The third-order valence-corrected chi connectivity index (χ3v) is 11.5. The Kier molecular flexibility index (Phi) is 14.4. The van der Waals surface area contributed by atoms with Crippen molar-refractivity contribution >= 4 is 56.0 Å². The normalized spacial score (nSPS) is 21.8. The molecule has 1 saturated heterocycles. The van der Waals surface area contributed by atoms with Gasteiger partial charge in [0.25, 0.3) is 0 Å². The minimum Gasteiger partial charge on any atom is -0.432 e. The first kappa shape index (κ1) is 41.3. The molecule has 0 aliphatic carbocycles. The van der Waals surface area contributed by atoms with Crippen molar-refractivity contribution < 1.29 is 71.1 Å². The van der Waals surface area contributed by atoms with Gasteiger partial charge in [0, 0.05) is 6.04 Å². The Balaban J connectivity index is 1.47. The Labute approximate surface area is 302 Å². The first-order valence-corrected chi connectivity index (χ1v) is 19.6. The molecule has 4 N–H and O–H groups in total. The number of fused-ring (bicyclic) bond motifs is 1. The highest BCUT2D eigenvalue weighted by atomic mass is 35.5. The van der Waals surface area contributed by atoms with Crippen LogP contribution >= 0.6 is 26.8 Å². The van der Waals surface area contributed by atoms with Gasteiger partial charge in [-0.3, -0.25) is 18.2 Å². The van der Waals surface area contributed by atoms with Crippen LogP contribution in [0.1, 0.15) is 52.5 Å². The van der Waals surface area contributed by atoms with Crippen LogP contribution in [0.25, 0.3) is 11.0 Å². The Hall–Kier alpha value is -3.42. The number of rotatable bonds is 17. The lowest BCUT2D eigenvalue weighted by Crippen LogP contribution is -2.34. The number of carbonyl (C=O) groups excluding carboxylic acids is 2. The van der Waals surface area contributed by atoms with Gasteiger partial charge in [-0.25, -0.2) is 14.3 Å². The number of aliphatic hydroxyl groups excluding tert-OH is 2. The molecule has 2 aromatic heterocycles. The summed E-state index contributed by atoms with van der Waals surface area (Å²) in [4.78, 5) is 42.3. The summed E-state index contributed by atoms with van der Waals surface area (Å²) >= 11 is 6.24. The maximum atomic E-state index is 13.7. The van der Waals surface area contributed by atoms with E-state index in [-0.39, 0.29) is 17.0 Å². The lowest BCUT2D eigenvalue weighted by atomic mass is 10.1. The molecule has 52 heavy (non-hydrogen) atoms. The van der Waals surface area contributed by atoms with Gasteiger partial charge in [0.1, 0.15) is 24.1 Å². The fourth-order valence-corrected chi connectivity index (χ4v) is 8.40. The van der Waals surface area contributed by atoms with E-state index in [1.54, 1.807) is 27.7 Å². The van der Waals surface area contributed by atoms with Gasteiger partial charge in [0.05, 0.1) is 30.4 Å². The van der Waals surface area contributed by atoms with Crippen molar-refractivity contribution in [3.05, 3.63) is 47.4 Å². The van der Waals surface area contributed by atoms with Crippen molar-refractivity contribution in [2.75, 3.05) is 31.4 Å². The molecule has 0 amide bonds. The van der Waals surface area contributed by atoms with Gasteiger partial charge in [-0.1, -0.05) is 30.3 Å². The summed E-state index contributed by atoms with van der Waals surface area (Å²) in [5.74, 6) is -1.00. The van der Waals surface area contributed by atoms with Crippen molar-refractivity contribution in [3.63, 3.8) is 0 Å². The number of anilines is 1. The topological polar surface area (TPSA) is 258 Å². The molecule has 288 valence electrons. The van der Waals surface area contributed by atoms with Crippen molar-refractivity contribution in [1.29, 1.82) is 0 Å². The van der Waals surface area contributed by atoms with Crippen LogP contribution in [-0.2, 0) is 46.4 Å². The van der Waals surface area contributed by atoms with Gasteiger partial charge < -0.3 is 48.6 Å². The predicted molar refractivity (Wildman–Crippen MR) is 180 cm³/mol. The average Bonchev–Trinajstić information content (AvgIpc) is 3.59. The molecule has 20 nitrogen and oxygen atoms in total. The fraction of sp³-hybridized carbons (Fsp3) is 0.552. The van der Waals surface area contributed by atoms with Crippen LogP contribution in [0.2, 0.25) is 5.28 Å². The smallest absolute Gasteiger partial charge is 0.432 e. The number of aromatic nitrogens is 4. The number of nitrogens with zero attached hydrogens (tertiary/aromatic N) is 4. The van der Waals surface area contributed by atoms with Crippen molar-refractivity contribution in [3.8, 4) is 0 Å². The molecule has 3 heterocycles. The lowest BCUT2D eigenvalue weighted by molar-refractivity contribution is -0.0571. The van der Waals surface area contributed by atoms with Crippen LogP contribution in [0, 0.1) is 0 Å². The molecular formula is C29H40ClN5O15P2. The molecule has 1 fully saturated rings. The maximum Gasteiger partial charge on any atom is 0.510 e. The first-order valence-electron chi connectivity index (χ1n) is 15.7. The molecule has 0 bridgehead atoms. The van der Waals surface area contributed by atoms with E-state index in [1.165, 1.54) is 10.9 Å². The molecular weight excluding hydrogens is 756 g/mol. The predicted octanol–water partition coefficient (Wildman–Crippen LogP) is 4.70. The van der Waals surface area contributed by atoms with Gasteiger partial charge in [0.2, 0.25) is 18.9 Å². The number of hydrogen-bond donors (Lipinski definition) is 4. The number of benzene rings is 1. The van der Waals surface area contributed by atoms with Crippen LogP contribution < -0.4 is 5.32 Å². The maximum absolute atomic E-state index is 13.7. The standard InChI is InChI=1S/C29H40ClN5O15P2/c1-16(2)48-28(38)43-13-46-51(40,41)15-52(42,47-14-44-29(39)49-17(3)4)45-12-21-22(36)23(37)26(50-21)35-25-20(11-31-35)24(33-27(30)34-25)32-18(5)19-9-7-6-8-10-19/h6-11,16-18,21-23,26,36-37H,12-15H2,1-5H3,(H,40,41)(H,32,33,34)/t18-,21+,22+,23+,26+,52?/m0/s1. The van der Waals surface area contributed by atoms with Gasteiger partial charge in [-0.2, -0.15) is 15.1 Å². The zero-order valence-corrected chi connectivity index (χ0v) is 31.2. The third kappa shape index (κ3) is 11.5. The van der Waals surface area contributed by atoms with Crippen LogP contribution in [0.15, 0.2) is 36.5 Å². The van der Waals surface area contributed by atoms with Crippen LogP contribution in [-0.4, -0.2) is 104 Å². The van der Waals surface area contributed by atoms with Crippen molar-refractivity contribution in [2.45, 2.75) is 77.4 Å². The molecule has 4 rings (SSSR count). The highest BCUT2D eigenvalue weighted by Crippen LogP contribution is 2.61. The van der Waals surface area contributed by atoms with Gasteiger partial charge in [-0.05, 0) is 51.8 Å². The molecule has 3 aromatic rings. The molecule has 2 unspecified atom stereocenters. The average molecular weight is 796 g/mol. The highest BCUT2D eigenvalue weighted by molar-refractivity contribution is 7.70. The fourth-order valence-electron chi connectivity index (χ4n) is 4.62. The Bertz CT molecular complexity index is 1770. The first-order chi connectivity index (χ1) is 24.5. The third-order valence-electron chi connectivity index (χ3n) is 6.97. The summed E-state index contributed by atoms with van der Waals surface area (Å²) < 4.78 is 67.4. The second-order valence-corrected chi connectivity index (χ2v) is 16.5. The van der Waals surface area contributed by atoms with E-state index in [0.29, 0.717) is 11.2 Å². The number of hydrogen-bond acceptors (Lipinski definition) is 18. The monoisotopic (exact) mass is 795 g/mol. The zero-order chi connectivity index (χ0) is 38.2. The van der Waals surface area contributed by atoms with E-state index in [2.05, 4.69) is 25.1 Å². The quantitative estimate of drug-likeness (QED) is 0.0625. The molecule has 1 aliphatic heterocycles. The van der Waals surface area contributed by atoms with Crippen LogP contribution in [0.3, 0.4) is 0 Å². The summed E-state index contributed by atoms with van der Waals surface area (Å²) in [5.41, 5.74) is 1.10. The van der Waals surface area contributed by atoms with E-state index in [4.69, 9.17) is 44.1 Å². The summed E-state index contributed by atoms with van der Waals surface area (Å²) in [6, 6.07) is 9.32. The Morgan fingerprint density at radius 1 is 0.942 bits per heavy atom. The van der Waals surface area contributed by atoms with Crippen molar-refractivity contribution in [2.24, 2.45) is 0 Å².